The van der Waals surface area contributed by atoms with Crippen molar-refractivity contribution >= 4 is 38.7 Å². The van der Waals surface area contributed by atoms with E-state index in [0.29, 0.717) is 23.8 Å². The summed E-state index contributed by atoms with van der Waals surface area (Å²) in [6.45, 7) is 3.31. The second kappa shape index (κ2) is 9.62. The van der Waals surface area contributed by atoms with E-state index in [9.17, 15) is 15.3 Å². The Bertz CT molecular complexity index is 1340. The van der Waals surface area contributed by atoms with E-state index in [0.717, 1.165) is 26.5 Å². The molecule has 1 aromatic carbocycles. The quantitative estimate of drug-likeness (QED) is 0.253. The largest absolute Gasteiger partial charge is 0.481 e. The monoisotopic (exact) mass is 507 g/mol. The van der Waals surface area contributed by atoms with Crippen LogP contribution in [-0.2, 0) is 0 Å². The SMILES string of the molecule is COc1cc(Nc2cc(NC3CC(C(C)(C)O)C(O)C3O)c(-c3nc4ccccc4s3)cn2)ccn1. The predicted molar refractivity (Wildman–Crippen MR) is 141 cm³/mol. The van der Waals surface area contributed by atoms with E-state index in [1.54, 1.807) is 50.8 Å². The fourth-order valence-corrected chi connectivity index (χ4v) is 5.62. The Balaban J connectivity index is 1.51. The van der Waals surface area contributed by atoms with E-state index < -0.39 is 29.8 Å². The van der Waals surface area contributed by atoms with Crippen LogP contribution in [0.3, 0.4) is 0 Å². The van der Waals surface area contributed by atoms with Crippen molar-refractivity contribution in [3.63, 3.8) is 0 Å². The number of aromatic nitrogens is 3. The molecule has 3 heterocycles. The molecule has 188 valence electrons. The summed E-state index contributed by atoms with van der Waals surface area (Å²) < 4.78 is 6.27. The maximum atomic E-state index is 10.8. The van der Waals surface area contributed by atoms with Crippen molar-refractivity contribution in [3.05, 3.63) is 54.9 Å². The van der Waals surface area contributed by atoms with Crippen molar-refractivity contribution in [2.75, 3.05) is 17.7 Å². The highest BCUT2D eigenvalue weighted by atomic mass is 32.1. The van der Waals surface area contributed by atoms with Crippen LogP contribution in [0.5, 0.6) is 5.88 Å². The molecule has 0 saturated heterocycles. The van der Waals surface area contributed by atoms with Crippen LogP contribution in [-0.4, -0.2) is 61.2 Å². The number of nitrogens with zero attached hydrogens (tertiary/aromatic N) is 3. The summed E-state index contributed by atoms with van der Waals surface area (Å²) in [5.41, 5.74) is 2.01. The van der Waals surface area contributed by atoms with Gasteiger partial charge in [-0.2, -0.15) is 0 Å². The molecule has 3 aromatic heterocycles. The third-order valence-electron chi connectivity index (χ3n) is 6.58. The molecule has 1 aliphatic carbocycles. The summed E-state index contributed by atoms with van der Waals surface area (Å²) in [6, 6.07) is 12.9. The fourth-order valence-electron chi connectivity index (χ4n) is 4.63. The first-order valence-electron chi connectivity index (χ1n) is 11.7. The molecule has 0 radical (unpaired) electrons. The Morgan fingerprint density at radius 2 is 1.89 bits per heavy atom. The van der Waals surface area contributed by atoms with Crippen LogP contribution in [0.1, 0.15) is 20.3 Å². The topological polar surface area (TPSA) is 133 Å². The summed E-state index contributed by atoms with van der Waals surface area (Å²) >= 11 is 1.56. The number of aliphatic hydroxyl groups excluding tert-OH is 2. The first-order valence-corrected chi connectivity index (χ1v) is 12.5. The number of pyridine rings is 2. The Labute approximate surface area is 212 Å². The Morgan fingerprint density at radius 1 is 1.08 bits per heavy atom. The Hall–Kier alpha value is -3.31. The van der Waals surface area contributed by atoms with Crippen LogP contribution in [0.4, 0.5) is 17.2 Å². The van der Waals surface area contributed by atoms with E-state index in [4.69, 9.17) is 9.72 Å². The minimum absolute atomic E-state index is 0.401. The van der Waals surface area contributed by atoms with Gasteiger partial charge >= 0.3 is 0 Å². The molecular weight excluding hydrogens is 478 g/mol. The van der Waals surface area contributed by atoms with E-state index >= 15 is 0 Å². The normalized spacial score (nSPS) is 22.1. The molecule has 4 atom stereocenters. The van der Waals surface area contributed by atoms with Crippen molar-refractivity contribution in [2.45, 2.75) is 44.1 Å². The Morgan fingerprint density at radius 3 is 2.61 bits per heavy atom. The van der Waals surface area contributed by atoms with Gasteiger partial charge in [0.05, 0.1) is 40.6 Å². The van der Waals surface area contributed by atoms with Gasteiger partial charge in [0.2, 0.25) is 5.88 Å². The molecule has 36 heavy (non-hydrogen) atoms. The summed E-state index contributed by atoms with van der Waals surface area (Å²) in [5, 5.41) is 39.4. The number of methoxy groups -OCH3 is 1. The highest BCUT2D eigenvalue weighted by Crippen LogP contribution is 2.40. The lowest BCUT2D eigenvalue weighted by Crippen LogP contribution is -2.40. The zero-order valence-electron chi connectivity index (χ0n) is 20.2. The van der Waals surface area contributed by atoms with Crippen molar-refractivity contribution < 1.29 is 20.1 Å². The molecule has 1 aliphatic rings. The molecule has 4 unspecified atom stereocenters. The number of para-hydroxylation sites is 1. The van der Waals surface area contributed by atoms with Gasteiger partial charge in [-0.15, -0.1) is 11.3 Å². The van der Waals surface area contributed by atoms with Gasteiger partial charge in [0.1, 0.15) is 16.9 Å². The molecule has 10 heteroatoms. The summed E-state index contributed by atoms with van der Waals surface area (Å²) in [7, 11) is 1.56. The minimum Gasteiger partial charge on any atom is -0.481 e. The first kappa shape index (κ1) is 24.4. The molecule has 5 N–H and O–H groups in total. The third-order valence-corrected chi connectivity index (χ3v) is 7.64. The molecule has 0 spiro atoms. The number of hydrogen-bond donors (Lipinski definition) is 5. The second-order valence-corrected chi connectivity index (χ2v) is 10.6. The fraction of sp³-hybridized carbons (Fsp3) is 0.346. The molecule has 1 fully saturated rings. The van der Waals surface area contributed by atoms with Gasteiger partial charge in [0, 0.05) is 41.8 Å². The van der Waals surface area contributed by atoms with E-state index in [-0.39, 0.29) is 0 Å². The molecule has 0 bridgehead atoms. The number of ether oxygens (including phenoxy) is 1. The average Bonchev–Trinajstić information content (AvgIpc) is 3.41. The zero-order chi connectivity index (χ0) is 25.4. The molecule has 5 rings (SSSR count). The van der Waals surface area contributed by atoms with Gasteiger partial charge in [0.15, 0.2) is 0 Å². The van der Waals surface area contributed by atoms with E-state index in [1.807, 2.05) is 36.4 Å². The number of anilines is 3. The number of benzene rings is 1. The summed E-state index contributed by atoms with van der Waals surface area (Å²) in [5.74, 6) is 0.576. The maximum Gasteiger partial charge on any atom is 0.214 e. The number of rotatable bonds is 7. The number of thiazole rings is 1. The summed E-state index contributed by atoms with van der Waals surface area (Å²) in [4.78, 5) is 13.5. The maximum absolute atomic E-state index is 10.8. The second-order valence-electron chi connectivity index (χ2n) is 9.54. The van der Waals surface area contributed by atoms with Crippen LogP contribution in [0.2, 0.25) is 0 Å². The van der Waals surface area contributed by atoms with E-state index in [1.165, 1.54) is 0 Å². The average molecular weight is 508 g/mol. The van der Waals surface area contributed by atoms with Crippen LogP contribution in [0.25, 0.3) is 20.8 Å². The third kappa shape index (κ3) is 4.85. The van der Waals surface area contributed by atoms with Crippen molar-refractivity contribution in [3.8, 4) is 16.5 Å². The van der Waals surface area contributed by atoms with E-state index in [2.05, 4.69) is 20.6 Å². The van der Waals surface area contributed by atoms with Crippen LogP contribution in [0.15, 0.2) is 54.9 Å². The zero-order valence-corrected chi connectivity index (χ0v) is 21.0. The minimum atomic E-state index is -1.13. The predicted octanol–water partition coefficient (Wildman–Crippen LogP) is 3.80. The number of nitrogens with one attached hydrogen (secondary N) is 2. The molecular formula is C26H29N5O4S. The van der Waals surface area contributed by atoms with Crippen LogP contribution >= 0.6 is 11.3 Å². The van der Waals surface area contributed by atoms with Gasteiger partial charge in [-0.3, -0.25) is 0 Å². The Kier molecular flexibility index (Phi) is 6.52. The van der Waals surface area contributed by atoms with Gasteiger partial charge in [-0.1, -0.05) is 12.1 Å². The van der Waals surface area contributed by atoms with Crippen molar-refractivity contribution in [1.29, 1.82) is 0 Å². The van der Waals surface area contributed by atoms with Gasteiger partial charge in [-0.25, -0.2) is 15.0 Å². The van der Waals surface area contributed by atoms with Crippen molar-refractivity contribution in [2.24, 2.45) is 5.92 Å². The summed E-state index contributed by atoms with van der Waals surface area (Å²) in [6.07, 6.45) is 1.70. The van der Waals surface area contributed by atoms with Crippen molar-refractivity contribution in [1.82, 2.24) is 15.0 Å². The molecule has 9 nitrogen and oxygen atoms in total. The molecule has 0 amide bonds. The van der Waals surface area contributed by atoms with Gasteiger partial charge in [-0.05, 0) is 38.5 Å². The van der Waals surface area contributed by atoms with Gasteiger partial charge in [0.25, 0.3) is 0 Å². The highest BCUT2D eigenvalue weighted by Gasteiger charge is 2.47. The van der Waals surface area contributed by atoms with Crippen LogP contribution < -0.4 is 15.4 Å². The number of aliphatic hydroxyl groups is 3. The standard InChI is InChI=1S/C26H29N5O4S/c1-26(2,34)16-11-19(24(33)23(16)32)30-18-12-21(29-14-8-9-27-22(10-14)35-3)28-13-15(18)25-31-17-6-4-5-7-20(17)36-25/h4-10,12-13,16,19,23-24,32-34H,11H2,1-3H3,(H2,27,28,29,30). The van der Waals surface area contributed by atoms with Gasteiger partial charge < -0.3 is 30.7 Å². The lowest BCUT2D eigenvalue weighted by atomic mass is 9.88. The lowest BCUT2D eigenvalue weighted by Gasteiger charge is -2.28. The molecule has 4 aromatic rings. The highest BCUT2D eigenvalue weighted by molar-refractivity contribution is 7.21. The lowest BCUT2D eigenvalue weighted by molar-refractivity contribution is -0.0601. The smallest absolute Gasteiger partial charge is 0.214 e. The molecule has 1 saturated carbocycles. The number of fused-ring (bicyclic) bond motifs is 1. The first-order chi connectivity index (χ1) is 17.2. The number of hydrogen-bond acceptors (Lipinski definition) is 10. The molecule has 0 aliphatic heterocycles. The van der Waals surface area contributed by atoms with Crippen LogP contribution in [0, 0.1) is 5.92 Å².